The van der Waals surface area contributed by atoms with Gasteiger partial charge in [-0.1, -0.05) is 0 Å². The van der Waals surface area contributed by atoms with Crippen molar-refractivity contribution in [2.75, 3.05) is 18.6 Å². The van der Waals surface area contributed by atoms with Crippen LogP contribution < -0.4 is 11.3 Å². The summed E-state index contributed by atoms with van der Waals surface area (Å²) in [6.07, 6.45) is 0.898. The number of nitro benzene ring substituents is 1. The molecule has 1 aromatic carbocycles. The van der Waals surface area contributed by atoms with Crippen molar-refractivity contribution in [3.05, 3.63) is 33.9 Å². The van der Waals surface area contributed by atoms with Gasteiger partial charge in [0.2, 0.25) is 0 Å². The number of nitrogen functional groups attached to an aromatic ring is 1. The average Bonchev–Trinajstić information content (AvgIpc) is 2.89. The van der Waals surface area contributed by atoms with Crippen LogP contribution in [0.3, 0.4) is 0 Å². The molecule has 1 aliphatic rings. The summed E-state index contributed by atoms with van der Waals surface area (Å²) in [4.78, 5) is 10.3. The number of hydrazine groups is 1. The minimum atomic E-state index is -0.442. The first-order valence-corrected chi connectivity index (χ1v) is 5.64. The normalized spacial score (nSPS) is 18.8. The van der Waals surface area contributed by atoms with Crippen molar-refractivity contribution in [3.63, 3.8) is 0 Å². The maximum Gasteiger partial charge on any atom is 0.269 e. The van der Waals surface area contributed by atoms with Gasteiger partial charge in [-0.15, -0.1) is 0 Å². The van der Waals surface area contributed by atoms with Crippen LogP contribution in [-0.4, -0.2) is 24.2 Å². The summed E-state index contributed by atoms with van der Waals surface area (Å²) < 4.78 is 10.8. The quantitative estimate of drug-likeness (QED) is 0.464. The Morgan fingerprint density at radius 2 is 2.44 bits per heavy atom. The van der Waals surface area contributed by atoms with Crippen LogP contribution >= 0.6 is 0 Å². The highest BCUT2D eigenvalue weighted by atomic mass is 16.6. The molecule has 0 aliphatic carbocycles. The summed E-state index contributed by atoms with van der Waals surface area (Å²) in [7, 11) is 0. The number of non-ortho nitro benzene ring substituents is 1. The standard InChI is InChI=1S/C11H15N3O4/c12-13-11-2-1-9(14(15)16)5-8(11)6-18-10-3-4-17-7-10/h1-2,5,10,13H,3-4,6-7,12H2. The maximum absolute atomic E-state index is 10.7. The fourth-order valence-electron chi connectivity index (χ4n) is 1.81. The summed E-state index contributed by atoms with van der Waals surface area (Å²) in [5, 5.41) is 10.7. The lowest BCUT2D eigenvalue weighted by Crippen LogP contribution is -2.14. The molecule has 1 aliphatic heterocycles. The first-order chi connectivity index (χ1) is 8.70. The van der Waals surface area contributed by atoms with E-state index in [1.54, 1.807) is 6.07 Å². The zero-order valence-electron chi connectivity index (χ0n) is 9.80. The summed E-state index contributed by atoms with van der Waals surface area (Å²) in [5.74, 6) is 5.36. The van der Waals surface area contributed by atoms with E-state index >= 15 is 0 Å². The Kier molecular flexibility index (Phi) is 4.08. The Hall–Kier alpha value is -1.70. The lowest BCUT2D eigenvalue weighted by molar-refractivity contribution is -0.384. The number of nitrogens with one attached hydrogen (secondary N) is 1. The average molecular weight is 253 g/mol. The van der Waals surface area contributed by atoms with E-state index in [2.05, 4.69) is 5.43 Å². The summed E-state index contributed by atoms with van der Waals surface area (Å²) >= 11 is 0. The van der Waals surface area contributed by atoms with Gasteiger partial charge in [0.25, 0.3) is 5.69 Å². The molecule has 0 saturated carbocycles. The van der Waals surface area contributed by atoms with E-state index < -0.39 is 4.92 Å². The van der Waals surface area contributed by atoms with Crippen molar-refractivity contribution in [2.24, 2.45) is 5.84 Å². The third-order valence-electron chi connectivity index (χ3n) is 2.82. The van der Waals surface area contributed by atoms with E-state index in [0.717, 1.165) is 6.42 Å². The second-order valence-electron chi connectivity index (χ2n) is 4.04. The van der Waals surface area contributed by atoms with Crippen LogP contribution in [0, 0.1) is 10.1 Å². The second-order valence-corrected chi connectivity index (χ2v) is 4.04. The summed E-state index contributed by atoms with van der Waals surface area (Å²) in [5.41, 5.74) is 3.82. The summed E-state index contributed by atoms with van der Waals surface area (Å²) in [6.45, 7) is 1.54. The van der Waals surface area contributed by atoms with E-state index in [9.17, 15) is 10.1 Å². The van der Waals surface area contributed by atoms with Crippen LogP contribution in [0.5, 0.6) is 0 Å². The molecule has 1 heterocycles. The number of benzene rings is 1. The predicted molar refractivity (Wildman–Crippen MR) is 64.9 cm³/mol. The third-order valence-corrected chi connectivity index (χ3v) is 2.82. The van der Waals surface area contributed by atoms with Crippen molar-refractivity contribution in [3.8, 4) is 0 Å². The Morgan fingerprint density at radius 1 is 1.61 bits per heavy atom. The lowest BCUT2D eigenvalue weighted by Gasteiger charge is -2.12. The van der Waals surface area contributed by atoms with Gasteiger partial charge < -0.3 is 14.9 Å². The highest BCUT2D eigenvalue weighted by Gasteiger charge is 2.17. The zero-order valence-corrected chi connectivity index (χ0v) is 9.80. The van der Waals surface area contributed by atoms with E-state index in [1.807, 2.05) is 0 Å². The molecule has 0 radical (unpaired) electrons. The molecule has 1 unspecified atom stereocenters. The molecular weight excluding hydrogens is 238 g/mol. The summed E-state index contributed by atoms with van der Waals surface area (Å²) in [6, 6.07) is 4.43. The smallest absolute Gasteiger partial charge is 0.269 e. The van der Waals surface area contributed by atoms with Crippen LogP contribution in [0.15, 0.2) is 18.2 Å². The Bertz CT molecular complexity index is 432. The maximum atomic E-state index is 10.7. The number of anilines is 1. The Morgan fingerprint density at radius 3 is 3.06 bits per heavy atom. The highest BCUT2D eigenvalue weighted by molar-refractivity contribution is 5.55. The van der Waals surface area contributed by atoms with Crippen molar-refractivity contribution in [1.82, 2.24) is 0 Å². The Balaban J connectivity index is 2.08. The largest absolute Gasteiger partial charge is 0.379 e. The van der Waals surface area contributed by atoms with Gasteiger partial charge in [-0.25, -0.2) is 0 Å². The topological polar surface area (TPSA) is 99.7 Å². The molecule has 98 valence electrons. The van der Waals surface area contributed by atoms with Crippen LogP contribution in [0.25, 0.3) is 0 Å². The number of hydrogen-bond acceptors (Lipinski definition) is 6. The van der Waals surface area contributed by atoms with Crippen LogP contribution in [0.4, 0.5) is 11.4 Å². The van der Waals surface area contributed by atoms with E-state index in [-0.39, 0.29) is 18.4 Å². The molecule has 0 amide bonds. The van der Waals surface area contributed by atoms with Gasteiger partial charge >= 0.3 is 0 Å². The SMILES string of the molecule is NNc1ccc([N+](=O)[O-])cc1COC1CCOC1. The fraction of sp³-hybridized carbons (Fsp3) is 0.455. The second kappa shape index (κ2) is 5.76. The predicted octanol–water partition coefficient (Wildman–Crippen LogP) is 1.19. The van der Waals surface area contributed by atoms with Gasteiger partial charge in [-0.3, -0.25) is 16.0 Å². The number of rotatable bonds is 5. The van der Waals surface area contributed by atoms with Crippen LogP contribution in [-0.2, 0) is 16.1 Å². The van der Waals surface area contributed by atoms with Gasteiger partial charge in [0, 0.05) is 24.3 Å². The zero-order chi connectivity index (χ0) is 13.0. The number of nitrogens with two attached hydrogens (primary N) is 1. The van der Waals surface area contributed by atoms with Crippen molar-refractivity contribution < 1.29 is 14.4 Å². The molecule has 3 N–H and O–H groups in total. The fourth-order valence-corrected chi connectivity index (χ4v) is 1.81. The molecule has 18 heavy (non-hydrogen) atoms. The minimum Gasteiger partial charge on any atom is -0.379 e. The third kappa shape index (κ3) is 2.95. The molecule has 1 aromatic rings. The molecule has 0 bridgehead atoms. The van der Waals surface area contributed by atoms with Gasteiger partial charge in [0.15, 0.2) is 0 Å². The number of nitro groups is 1. The lowest BCUT2D eigenvalue weighted by atomic mass is 10.1. The molecule has 1 fully saturated rings. The molecule has 1 saturated heterocycles. The van der Waals surface area contributed by atoms with Crippen molar-refractivity contribution in [1.29, 1.82) is 0 Å². The van der Waals surface area contributed by atoms with Crippen LogP contribution in [0.1, 0.15) is 12.0 Å². The number of nitrogens with zero attached hydrogens (tertiary/aromatic N) is 1. The minimum absolute atomic E-state index is 0.0234. The van der Waals surface area contributed by atoms with E-state index in [4.69, 9.17) is 15.3 Å². The molecule has 7 nitrogen and oxygen atoms in total. The highest BCUT2D eigenvalue weighted by Crippen LogP contribution is 2.23. The first kappa shape index (κ1) is 12.7. The molecule has 7 heteroatoms. The molecule has 1 atom stereocenters. The number of hydrogen-bond donors (Lipinski definition) is 2. The van der Waals surface area contributed by atoms with Crippen molar-refractivity contribution >= 4 is 11.4 Å². The van der Waals surface area contributed by atoms with Crippen LogP contribution in [0.2, 0.25) is 0 Å². The van der Waals surface area contributed by atoms with Gasteiger partial charge in [0.1, 0.15) is 0 Å². The molecule has 0 spiro atoms. The van der Waals surface area contributed by atoms with Gasteiger partial charge in [-0.2, -0.15) is 0 Å². The van der Waals surface area contributed by atoms with Gasteiger partial charge in [-0.05, 0) is 12.5 Å². The molecular formula is C11H15N3O4. The van der Waals surface area contributed by atoms with E-state index in [1.165, 1.54) is 12.1 Å². The van der Waals surface area contributed by atoms with Gasteiger partial charge in [0.05, 0.1) is 29.9 Å². The first-order valence-electron chi connectivity index (χ1n) is 5.64. The monoisotopic (exact) mass is 253 g/mol. The number of ether oxygens (including phenoxy) is 2. The molecule has 2 rings (SSSR count). The van der Waals surface area contributed by atoms with E-state index in [0.29, 0.717) is 24.5 Å². The molecule has 0 aromatic heterocycles. The van der Waals surface area contributed by atoms with Crippen molar-refractivity contribution in [2.45, 2.75) is 19.1 Å². The Labute approximate surface area is 104 Å².